The Balaban J connectivity index is 1.81. The molecule has 0 bridgehead atoms. The first kappa shape index (κ1) is 14.8. The molecule has 1 amide bonds. The van der Waals surface area contributed by atoms with Crippen molar-refractivity contribution in [3.05, 3.63) is 29.8 Å². The second-order valence-electron chi connectivity index (χ2n) is 5.23. The van der Waals surface area contributed by atoms with Gasteiger partial charge in [0.1, 0.15) is 11.6 Å². The van der Waals surface area contributed by atoms with Crippen LogP contribution in [0.25, 0.3) is 0 Å². The maximum absolute atomic E-state index is 13.4. The molecule has 1 aliphatic carbocycles. The minimum absolute atomic E-state index is 0.0148. The van der Waals surface area contributed by atoms with E-state index in [1.165, 1.54) is 12.8 Å². The average molecular weight is 282 g/mol. The van der Waals surface area contributed by atoms with Crippen LogP contribution in [0.3, 0.4) is 0 Å². The van der Waals surface area contributed by atoms with Gasteiger partial charge in [0, 0.05) is 6.04 Å². The lowest BCUT2D eigenvalue weighted by molar-refractivity contribution is -0.120. The molecule has 1 aromatic carbocycles. The molecule has 0 radical (unpaired) electrons. The van der Waals surface area contributed by atoms with Crippen LogP contribution >= 0.6 is 0 Å². The van der Waals surface area contributed by atoms with E-state index in [2.05, 4.69) is 10.6 Å². The van der Waals surface area contributed by atoms with Crippen LogP contribution in [-0.4, -0.2) is 18.5 Å². The topological polar surface area (TPSA) is 41.1 Å². The van der Waals surface area contributed by atoms with Crippen molar-refractivity contribution in [3.63, 3.8) is 0 Å². The van der Waals surface area contributed by atoms with Crippen LogP contribution in [0.2, 0.25) is 0 Å². The van der Waals surface area contributed by atoms with Crippen molar-refractivity contribution in [2.75, 3.05) is 11.9 Å². The van der Waals surface area contributed by atoms with Crippen molar-refractivity contribution >= 4 is 11.6 Å². The number of amides is 1. The Labute approximate surface area is 117 Å². The van der Waals surface area contributed by atoms with Crippen molar-refractivity contribution in [2.24, 2.45) is 0 Å². The van der Waals surface area contributed by atoms with Crippen LogP contribution < -0.4 is 10.6 Å². The Kier molecular flexibility index (Phi) is 5.32. The summed E-state index contributed by atoms with van der Waals surface area (Å²) in [6.45, 7) is -0.0448. The third-order valence-corrected chi connectivity index (χ3v) is 3.59. The van der Waals surface area contributed by atoms with Crippen molar-refractivity contribution < 1.29 is 13.6 Å². The highest BCUT2D eigenvalue weighted by molar-refractivity contribution is 5.81. The lowest BCUT2D eigenvalue weighted by Gasteiger charge is -2.16. The molecule has 0 unspecified atom stereocenters. The minimum atomic E-state index is -0.561. The molecular formula is C15H20F2N2O. The molecule has 2 rings (SSSR count). The predicted molar refractivity (Wildman–Crippen MR) is 74.5 cm³/mol. The smallest absolute Gasteiger partial charge is 0.239 e. The maximum Gasteiger partial charge on any atom is 0.239 e. The van der Waals surface area contributed by atoms with Gasteiger partial charge in [-0.2, -0.15) is 0 Å². The van der Waals surface area contributed by atoms with E-state index in [0.717, 1.165) is 43.9 Å². The second-order valence-corrected chi connectivity index (χ2v) is 5.23. The van der Waals surface area contributed by atoms with Gasteiger partial charge >= 0.3 is 0 Å². The molecule has 0 spiro atoms. The highest BCUT2D eigenvalue weighted by atomic mass is 19.1. The largest absolute Gasteiger partial charge is 0.374 e. The van der Waals surface area contributed by atoms with E-state index in [4.69, 9.17) is 0 Å². The number of nitrogens with one attached hydrogen (secondary N) is 2. The second kappa shape index (κ2) is 7.22. The SMILES string of the molecule is O=C(CNc1cc(F)ccc1F)NC1CCCCCC1. The molecular weight excluding hydrogens is 262 g/mol. The summed E-state index contributed by atoms with van der Waals surface area (Å²) in [6, 6.07) is 3.35. The van der Waals surface area contributed by atoms with Crippen molar-refractivity contribution in [2.45, 2.75) is 44.6 Å². The summed E-state index contributed by atoms with van der Waals surface area (Å²) in [7, 11) is 0. The van der Waals surface area contributed by atoms with E-state index in [1.807, 2.05) is 0 Å². The fourth-order valence-corrected chi connectivity index (χ4v) is 2.51. The molecule has 20 heavy (non-hydrogen) atoms. The van der Waals surface area contributed by atoms with Gasteiger partial charge in [-0.3, -0.25) is 4.79 Å². The highest BCUT2D eigenvalue weighted by Crippen LogP contribution is 2.17. The van der Waals surface area contributed by atoms with Gasteiger partial charge in [-0.05, 0) is 31.0 Å². The summed E-state index contributed by atoms with van der Waals surface area (Å²) in [5, 5.41) is 5.58. The molecule has 0 atom stereocenters. The number of benzene rings is 1. The number of halogens is 2. The van der Waals surface area contributed by atoms with Crippen LogP contribution in [0.1, 0.15) is 38.5 Å². The molecule has 1 aromatic rings. The zero-order valence-corrected chi connectivity index (χ0v) is 11.4. The first-order valence-corrected chi connectivity index (χ1v) is 7.13. The van der Waals surface area contributed by atoms with Crippen LogP contribution in [0.15, 0.2) is 18.2 Å². The molecule has 0 heterocycles. The first-order valence-electron chi connectivity index (χ1n) is 7.13. The van der Waals surface area contributed by atoms with Gasteiger partial charge in [-0.25, -0.2) is 8.78 Å². The van der Waals surface area contributed by atoms with E-state index >= 15 is 0 Å². The summed E-state index contributed by atoms with van der Waals surface area (Å²) < 4.78 is 26.4. The number of hydrogen-bond donors (Lipinski definition) is 2. The number of carbonyl (C=O) groups excluding carboxylic acids is 1. The quantitative estimate of drug-likeness (QED) is 0.833. The maximum atomic E-state index is 13.4. The van der Waals surface area contributed by atoms with E-state index in [1.54, 1.807) is 0 Å². The molecule has 1 fully saturated rings. The van der Waals surface area contributed by atoms with Crippen LogP contribution in [0, 0.1) is 11.6 Å². The third kappa shape index (κ3) is 4.47. The highest BCUT2D eigenvalue weighted by Gasteiger charge is 2.14. The molecule has 1 saturated carbocycles. The van der Waals surface area contributed by atoms with E-state index in [-0.39, 0.29) is 24.2 Å². The number of hydrogen-bond acceptors (Lipinski definition) is 2. The Morgan fingerprint density at radius 1 is 1.15 bits per heavy atom. The Hall–Kier alpha value is -1.65. The van der Waals surface area contributed by atoms with E-state index in [0.29, 0.717) is 0 Å². The molecule has 1 aliphatic rings. The Morgan fingerprint density at radius 3 is 2.55 bits per heavy atom. The molecule has 110 valence electrons. The zero-order chi connectivity index (χ0) is 14.4. The lowest BCUT2D eigenvalue weighted by Crippen LogP contribution is -2.38. The normalized spacial score (nSPS) is 16.5. The molecule has 5 heteroatoms. The average Bonchev–Trinajstić information content (AvgIpc) is 2.68. The fraction of sp³-hybridized carbons (Fsp3) is 0.533. The van der Waals surface area contributed by atoms with Gasteiger partial charge in [-0.15, -0.1) is 0 Å². The zero-order valence-electron chi connectivity index (χ0n) is 11.4. The van der Waals surface area contributed by atoms with Gasteiger partial charge in [-0.1, -0.05) is 25.7 Å². The predicted octanol–water partition coefficient (Wildman–Crippen LogP) is 3.22. The molecule has 2 N–H and O–H groups in total. The Morgan fingerprint density at radius 2 is 1.85 bits per heavy atom. The summed E-state index contributed by atoms with van der Waals surface area (Å²) in [5.74, 6) is -1.27. The van der Waals surface area contributed by atoms with Crippen LogP contribution in [0.4, 0.5) is 14.5 Å². The van der Waals surface area contributed by atoms with Gasteiger partial charge in [0.05, 0.1) is 12.2 Å². The van der Waals surface area contributed by atoms with E-state index < -0.39 is 11.6 Å². The third-order valence-electron chi connectivity index (χ3n) is 3.59. The molecule has 0 aromatic heterocycles. The monoisotopic (exact) mass is 282 g/mol. The number of carbonyl (C=O) groups is 1. The summed E-state index contributed by atoms with van der Waals surface area (Å²) in [5.41, 5.74) is 0.0148. The van der Waals surface area contributed by atoms with Crippen molar-refractivity contribution in [1.29, 1.82) is 0 Å². The standard InChI is InChI=1S/C15H20F2N2O/c16-11-7-8-13(17)14(9-11)18-10-15(20)19-12-5-3-1-2-4-6-12/h7-9,12,18H,1-6,10H2,(H,19,20). The summed E-state index contributed by atoms with van der Waals surface area (Å²) >= 11 is 0. The van der Waals surface area contributed by atoms with Crippen molar-refractivity contribution in [1.82, 2.24) is 5.32 Å². The van der Waals surface area contributed by atoms with Gasteiger partial charge in [0.2, 0.25) is 5.91 Å². The van der Waals surface area contributed by atoms with Gasteiger partial charge < -0.3 is 10.6 Å². The van der Waals surface area contributed by atoms with Crippen LogP contribution in [-0.2, 0) is 4.79 Å². The summed E-state index contributed by atoms with van der Waals surface area (Å²) in [4.78, 5) is 11.8. The van der Waals surface area contributed by atoms with Crippen LogP contribution in [0.5, 0.6) is 0 Å². The molecule has 0 aliphatic heterocycles. The molecule has 3 nitrogen and oxygen atoms in total. The lowest BCUT2D eigenvalue weighted by atomic mass is 10.1. The van der Waals surface area contributed by atoms with Crippen molar-refractivity contribution in [3.8, 4) is 0 Å². The number of anilines is 1. The minimum Gasteiger partial charge on any atom is -0.374 e. The molecule has 0 saturated heterocycles. The summed E-state index contributed by atoms with van der Waals surface area (Å²) in [6.07, 6.45) is 6.71. The number of rotatable bonds is 4. The van der Waals surface area contributed by atoms with E-state index in [9.17, 15) is 13.6 Å². The van der Waals surface area contributed by atoms with Gasteiger partial charge in [0.15, 0.2) is 0 Å². The Bertz CT molecular complexity index is 457. The first-order chi connectivity index (χ1) is 9.65. The fourth-order valence-electron chi connectivity index (χ4n) is 2.51. The van der Waals surface area contributed by atoms with Gasteiger partial charge in [0.25, 0.3) is 0 Å².